The zero-order valence-corrected chi connectivity index (χ0v) is 13.4. The lowest BCUT2D eigenvalue weighted by molar-refractivity contribution is -0.137. The number of nitrogens with zero attached hydrogens (tertiary/aromatic N) is 3. The molecule has 0 aromatic carbocycles. The van der Waals surface area contributed by atoms with Crippen LogP contribution in [0.15, 0.2) is 35.3 Å². The molecule has 2 aromatic heterocycles. The number of nitrogens with one attached hydrogen (secondary N) is 2. The molecule has 0 amide bonds. The molecule has 9 heteroatoms. The minimum Gasteiger partial charge on any atom is -0.368 e. The molecule has 1 aliphatic heterocycles. The Labute approximate surface area is 142 Å². The van der Waals surface area contributed by atoms with E-state index in [9.17, 15) is 18.0 Å². The zero-order chi connectivity index (χ0) is 17.9. The van der Waals surface area contributed by atoms with Crippen molar-refractivity contribution in [3.05, 3.63) is 46.4 Å². The Morgan fingerprint density at radius 3 is 2.72 bits per heavy atom. The number of anilines is 2. The van der Waals surface area contributed by atoms with Gasteiger partial charge in [0.15, 0.2) is 0 Å². The van der Waals surface area contributed by atoms with Gasteiger partial charge in [0.1, 0.15) is 11.6 Å². The maximum Gasteiger partial charge on any atom is 0.417 e. The fraction of sp³-hybridized carbons (Fsp3) is 0.438. The number of aromatic nitrogens is 3. The molecule has 1 aliphatic rings. The minimum absolute atomic E-state index is 0.122. The average molecular weight is 353 g/mol. The Morgan fingerprint density at radius 1 is 1.24 bits per heavy atom. The topological polar surface area (TPSA) is 73.9 Å². The van der Waals surface area contributed by atoms with Gasteiger partial charge in [-0.05, 0) is 37.5 Å². The Balaban J connectivity index is 1.66. The van der Waals surface area contributed by atoms with Crippen molar-refractivity contribution in [2.24, 2.45) is 0 Å². The van der Waals surface area contributed by atoms with Gasteiger partial charge in [0.25, 0.3) is 5.56 Å². The van der Waals surface area contributed by atoms with Gasteiger partial charge >= 0.3 is 6.18 Å². The van der Waals surface area contributed by atoms with Crippen molar-refractivity contribution < 1.29 is 13.2 Å². The van der Waals surface area contributed by atoms with Gasteiger partial charge in [-0.25, -0.2) is 10.1 Å². The molecule has 0 spiro atoms. The number of alkyl halides is 3. The number of aromatic amines is 1. The summed E-state index contributed by atoms with van der Waals surface area (Å²) in [6.07, 6.45) is -0.553. The van der Waals surface area contributed by atoms with Gasteiger partial charge in [0, 0.05) is 31.4 Å². The molecule has 25 heavy (non-hydrogen) atoms. The second-order valence-electron chi connectivity index (χ2n) is 5.93. The van der Waals surface area contributed by atoms with Gasteiger partial charge in [0.05, 0.1) is 5.56 Å². The van der Waals surface area contributed by atoms with E-state index < -0.39 is 11.7 Å². The summed E-state index contributed by atoms with van der Waals surface area (Å²) in [5.74, 6) is 1.08. The van der Waals surface area contributed by atoms with Crippen molar-refractivity contribution in [1.29, 1.82) is 0 Å². The van der Waals surface area contributed by atoms with Crippen LogP contribution >= 0.6 is 0 Å². The van der Waals surface area contributed by atoms with E-state index in [1.807, 2.05) is 0 Å². The van der Waals surface area contributed by atoms with Gasteiger partial charge < -0.3 is 10.2 Å². The third-order valence-corrected chi connectivity index (χ3v) is 4.20. The normalized spacial score (nSPS) is 18.2. The summed E-state index contributed by atoms with van der Waals surface area (Å²) in [5.41, 5.74) is -1.03. The Kier molecular flexibility index (Phi) is 4.91. The van der Waals surface area contributed by atoms with E-state index in [-0.39, 0.29) is 11.6 Å². The van der Waals surface area contributed by atoms with Crippen LogP contribution in [-0.2, 0) is 6.18 Å². The van der Waals surface area contributed by atoms with Crippen molar-refractivity contribution in [2.75, 3.05) is 23.3 Å². The van der Waals surface area contributed by atoms with E-state index in [4.69, 9.17) is 0 Å². The predicted octanol–water partition coefficient (Wildman–Crippen LogP) is 2.65. The number of pyridine rings is 1. The predicted molar refractivity (Wildman–Crippen MR) is 87.6 cm³/mol. The molecule has 1 fully saturated rings. The molecule has 134 valence electrons. The Hall–Kier alpha value is -2.58. The number of H-pyrrole nitrogens is 1. The summed E-state index contributed by atoms with van der Waals surface area (Å²) >= 11 is 0. The van der Waals surface area contributed by atoms with Crippen molar-refractivity contribution in [3.8, 4) is 0 Å². The maximum atomic E-state index is 12.6. The van der Waals surface area contributed by atoms with Crippen LogP contribution in [-0.4, -0.2) is 34.3 Å². The molecule has 3 heterocycles. The van der Waals surface area contributed by atoms with E-state index in [1.54, 1.807) is 6.07 Å². The van der Waals surface area contributed by atoms with Gasteiger partial charge in [-0.2, -0.15) is 18.3 Å². The highest BCUT2D eigenvalue weighted by atomic mass is 19.4. The first-order valence-electron chi connectivity index (χ1n) is 8.03. The summed E-state index contributed by atoms with van der Waals surface area (Å²) in [6, 6.07) is 5.56. The van der Waals surface area contributed by atoms with Gasteiger partial charge in [-0.3, -0.25) is 4.79 Å². The van der Waals surface area contributed by atoms with Crippen LogP contribution in [0.5, 0.6) is 0 Å². The van der Waals surface area contributed by atoms with E-state index in [1.165, 1.54) is 12.1 Å². The van der Waals surface area contributed by atoms with E-state index >= 15 is 0 Å². The van der Waals surface area contributed by atoms with E-state index in [2.05, 4.69) is 25.4 Å². The van der Waals surface area contributed by atoms with Crippen LogP contribution in [0.3, 0.4) is 0 Å². The first-order valence-corrected chi connectivity index (χ1v) is 8.03. The Bertz CT molecular complexity index is 739. The van der Waals surface area contributed by atoms with Crippen LogP contribution in [0.25, 0.3) is 0 Å². The van der Waals surface area contributed by atoms with E-state index in [0.29, 0.717) is 18.2 Å². The molecule has 1 saturated heterocycles. The summed E-state index contributed by atoms with van der Waals surface area (Å²) < 4.78 is 37.7. The van der Waals surface area contributed by atoms with Crippen molar-refractivity contribution in [2.45, 2.75) is 31.5 Å². The molecule has 0 saturated carbocycles. The molecular weight excluding hydrogens is 335 g/mol. The lowest BCUT2D eigenvalue weighted by atomic mass is 10.0. The molecular formula is C16H18F3N5O. The summed E-state index contributed by atoms with van der Waals surface area (Å²) in [4.78, 5) is 17.1. The highest BCUT2D eigenvalue weighted by Crippen LogP contribution is 2.29. The highest BCUT2D eigenvalue weighted by molar-refractivity contribution is 5.41. The molecule has 0 aliphatic carbocycles. The van der Waals surface area contributed by atoms with Crippen LogP contribution in [0.1, 0.15) is 24.8 Å². The fourth-order valence-corrected chi connectivity index (χ4v) is 2.90. The molecule has 0 bridgehead atoms. The average Bonchev–Trinajstić information content (AvgIpc) is 2.61. The molecule has 3 rings (SSSR count). The lowest BCUT2D eigenvalue weighted by Gasteiger charge is -2.36. The van der Waals surface area contributed by atoms with Crippen molar-refractivity contribution >= 4 is 11.6 Å². The minimum atomic E-state index is -4.39. The van der Waals surface area contributed by atoms with Crippen LogP contribution in [0.2, 0.25) is 0 Å². The zero-order valence-electron chi connectivity index (χ0n) is 13.4. The lowest BCUT2D eigenvalue weighted by Crippen LogP contribution is -2.44. The number of piperidine rings is 1. The second-order valence-corrected chi connectivity index (χ2v) is 5.93. The van der Waals surface area contributed by atoms with Crippen molar-refractivity contribution in [1.82, 2.24) is 15.2 Å². The number of halogens is 3. The van der Waals surface area contributed by atoms with Gasteiger partial charge in [-0.15, -0.1) is 0 Å². The summed E-state index contributed by atoms with van der Waals surface area (Å²) in [7, 11) is 0. The van der Waals surface area contributed by atoms with Crippen LogP contribution < -0.4 is 15.8 Å². The third-order valence-electron chi connectivity index (χ3n) is 4.20. The number of rotatable bonds is 4. The standard InChI is InChI=1S/C16H18F3N5O/c17-16(18,19)11-4-5-13(20-9-11)21-10-12-3-1-2-8-24(12)14-6-7-15(25)23-22-14/h4-7,9,12H,1-3,8,10H2,(H,20,21)(H,23,25). The van der Waals surface area contributed by atoms with E-state index in [0.717, 1.165) is 38.1 Å². The monoisotopic (exact) mass is 353 g/mol. The summed E-state index contributed by atoms with van der Waals surface area (Å²) in [5, 5.41) is 9.58. The maximum absolute atomic E-state index is 12.6. The molecule has 2 N–H and O–H groups in total. The van der Waals surface area contributed by atoms with Crippen LogP contribution in [0, 0.1) is 0 Å². The van der Waals surface area contributed by atoms with Crippen LogP contribution in [0.4, 0.5) is 24.8 Å². The number of hydrogen-bond donors (Lipinski definition) is 2. The molecule has 6 nitrogen and oxygen atoms in total. The molecule has 0 radical (unpaired) electrons. The first kappa shape index (κ1) is 17.2. The molecule has 1 atom stereocenters. The second kappa shape index (κ2) is 7.12. The third kappa shape index (κ3) is 4.28. The molecule has 1 unspecified atom stereocenters. The summed E-state index contributed by atoms with van der Waals surface area (Å²) in [6.45, 7) is 1.34. The highest BCUT2D eigenvalue weighted by Gasteiger charge is 2.30. The quantitative estimate of drug-likeness (QED) is 0.884. The smallest absolute Gasteiger partial charge is 0.368 e. The first-order chi connectivity index (χ1) is 11.9. The molecule has 2 aromatic rings. The van der Waals surface area contributed by atoms with Crippen molar-refractivity contribution in [3.63, 3.8) is 0 Å². The van der Waals surface area contributed by atoms with Gasteiger partial charge in [0.2, 0.25) is 0 Å². The fourth-order valence-electron chi connectivity index (χ4n) is 2.90. The SMILES string of the molecule is O=c1ccc(N2CCCCC2CNc2ccc(C(F)(F)F)cn2)n[nH]1. The van der Waals surface area contributed by atoms with Gasteiger partial charge in [-0.1, -0.05) is 0 Å². The number of hydrogen-bond acceptors (Lipinski definition) is 5. The Morgan fingerprint density at radius 2 is 2.08 bits per heavy atom. The largest absolute Gasteiger partial charge is 0.417 e.